The number of rotatable bonds is 2. The fourth-order valence-corrected chi connectivity index (χ4v) is 14.3. The second-order valence-corrected chi connectivity index (χ2v) is 27.1. The lowest BCUT2D eigenvalue weighted by atomic mass is 9.32. The van der Waals surface area contributed by atoms with E-state index < -0.39 is 0 Å². The van der Waals surface area contributed by atoms with Crippen LogP contribution in [0.4, 0.5) is 34.1 Å². The summed E-state index contributed by atoms with van der Waals surface area (Å²) in [5, 5.41) is 2.32. The molecule has 7 aromatic rings. The molecule has 0 bridgehead atoms. The highest BCUT2D eigenvalue weighted by Crippen LogP contribution is 2.56. The molecule has 0 unspecified atom stereocenters. The van der Waals surface area contributed by atoms with E-state index in [4.69, 9.17) is 4.42 Å². The van der Waals surface area contributed by atoms with Gasteiger partial charge in [0, 0.05) is 44.9 Å². The molecule has 0 radical (unpaired) electrons. The minimum absolute atomic E-state index is 0.0364. The van der Waals surface area contributed by atoms with Crippen LogP contribution < -0.4 is 26.2 Å². The van der Waals surface area contributed by atoms with E-state index >= 15 is 0 Å². The minimum Gasteiger partial charge on any atom is -0.456 e. The highest BCUT2D eigenvalue weighted by Gasteiger charge is 2.50. The number of benzene rings is 6. The molecule has 68 heavy (non-hydrogen) atoms. The largest absolute Gasteiger partial charge is 0.456 e. The monoisotopic (exact) mass is 897 g/mol. The quantitative estimate of drug-likeness (QED) is 0.161. The van der Waals surface area contributed by atoms with Gasteiger partial charge < -0.3 is 14.2 Å². The molecule has 0 fully saturated rings. The Balaban J connectivity index is 1.25. The van der Waals surface area contributed by atoms with Crippen molar-refractivity contribution in [3.8, 4) is 0 Å². The van der Waals surface area contributed by atoms with E-state index in [2.05, 4.69) is 212 Å². The molecule has 0 spiro atoms. The first kappa shape index (κ1) is 44.0. The third-order valence-corrected chi connectivity index (χ3v) is 18.4. The maximum Gasteiger partial charge on any atom is 0.252 e. The molecule has 0 amide bonds. The molecule has 348 valence electrons. The first-order chi connectivity index (χ1) is 31.7. The molecule has 3 heterocycles. The van der Waals surface area contributed by atoms with E-state index in [1.807, 2.05) is 0 Å². The summed E-state index contributed by atoms with van der Waals surface area (Å²) in [6, 6.07) is 36.6. The maximum absolute atomic E-state index is 6.51. The maximum atomic E-state index is 6.51. The van der Waals surface area contributed by atoms with Crippen molar-refractivity contribution in [2.75, 3.05) is 9.80 Å². The smallest absolute Gasteiger partial charge is 0.252 e. The van der Waals surface area contributed by atoms with Crippen molar-refractivity contribution in [2.45, 2.75) is 181 Å². The van der Waals surface area contributed by atoms with Gasteiger partial charge >= 0.3 is 0 Å². The van der Waals surface area contributed by atoms with Gasteiger partial charge in [-0.3, -0.25) is 0 Å². The molecule has 6 aromatic carbocycles. The summed E-state index contributed by atoms with van der Waals surface area (Å²) in [6.07, 6.45) is 5.85. The topological polar surface area (TPSA) is 19.6 Å². The van der Waals surface area contributed by atoms with Gasteiger partial charge in [0.2, 0.25) is 0 Å². The molecule has 1 aromatic heterocycles. The number of anilines is 6. The van der Waals surface area contributed by atoms with Crippen LogP contribution in [-0.4, -0.2) is 6.71 Å². The Bertz CT molecular complexity index is 3340. The second-order valence-electron chi connectivity index (χ2n) is 27.1. The Hall–Kier alpha value is -5.22. The van der Waals surface area contributed by atoms with Gasteiger partial charge in [-0.1, -0.05) is 140 Å². The zero-order valence-corrected chi connectivity index (χ0v) is 44.1. The predicted molar refractivity (Wildman–Crippen MR) is 292 cm³/mol. The fraction of sp³-hybridized carbons (Fsp3) is 0.438. The third-order valence-electron chi connectivity index (χ3n) is 18.4. The lowest BCUT2D eigenvalue weighted by molar-refractivity contribution is 0.332. The van der Waals surface area contributed by atoms with E-state index in [0.717, 1.165) is 28.4 Å². The van der Waals surface area contributed by atoms with Crippen molar-refractivity contribution in [3.05, 3.63) is 136 Å². The van der Waals surface area contributed by atoms with E-state index in [0.29, 0.717) is 0 Å². The molecule has 3 aliphatic carbocycles. The normalized spacial score (nSPS) is 20.7. The van der Waals surface area contributed by atoms with Crippen LogP contribution in [0, 0.1) is 6.92 Å². The van der Waals surface area contributed by atoms with Crippen LogP contribution in [0.2, 0.25) is 0 Å². The van der Waals surface area contributed by atoms with Gasteiger partial charge in [-0.25, -0.2) is 0 Å². The van der Waals surface area contributed by atoms with Crippen LogP contribution in [0.3, 0.4) is 0 Å². The van der Waals surface area contributed by atoms with E-state index in [1.54, 1.807) is 0 Å². The third kappa shape index (κ3) is 6.10. The van der Waals surface area contributed by atoms with E-state index in [-0.39, 0.29) is 44.6 Å². The van der Waals surface area contributed by atoms with Crippen LogP contribution in [0.1, 0.15) is 180 Å². The van der Waals surface area contributed by atoms with Crippen LogP contribution in [0.15, 0.2) is 95.4 Å². The number of hydrogen-bond donors (Lipinski definition) is 0. The van der Waals surface area contributed by atoms with Crippen molar-refractivity contribution in [3.63, 3.8) is 0 Å². The van der Waals surface area contributed by atoms with Crippen molar-refractivity contribution in [2.24, 2.45) is 0 Å². The summed E-state index contributed by atoms with van der Waals surface area (Å²) >= 11 is 0. The summed E-state index contributed by atoms with van der Waals surface area (Å²) in [6.45, 7) is 39.5. The summed E-state index contributed by atoms with van der Waals surface area (Å²) in [7, 11) is 0. The average Bonchev–Trinajstić information content (AvgIpc) is 3.71. The number of para-hydroxylation sites is 1. The number of fused-ring (bicyclic) bond motifs is 10. The molecular weight excluding hydrogens is 824 g/mol. The molecule has 0 saturated heterocycles. The lowest BCUT2D eigenvalue weighted by Gasteiger charge is -2.48. The van der Waals surface area contributed by atoms with Crippen molar-refractivity contribution < 1.29 is 4.42 Å². The molecule has 4 heteroatoms. The minimum atomic E-state index is -0.119. The molecule has 3 nitrogen and oxygen atoms in total. The van der Waals surface area contributed by atoms with Crippen molar-refractivity contribution >= 4 is 79.2 Å². The Labute approximate surface area is 407 Å². The van der Waals surface area contributed by atoms with Crippen molar-refractivity contribution in [1.82, 2.24) is 0 Å². The van der Waals surface area contributed by atoms with Crippen LogP contribution in [0.5, 0.6) is 0 Å². The van der Waals surface area contributed by atoms with Gasteiger partial charge in [0.1, 0.15) is 11.2 Å². The number of furan rings is 1. The molecule has 0 saturated carbocycles. The number of nitrogens with zero attached hydrogens (tertiary/aromatic N) is 2. The number of hydrogen-bond acceptors (Lipinski definition) is 3. The Morgan fingerprint density at radius 2 is 0.912 bits per heavy atom. The van der Waals surface area contributed by atoms with Crippen LogP contribution in [0.25, 0.3) is 21.9 Å². The summed E-state index contributed by atoms with van der Waals surface area (Å²) in [5.74, 6) is 0. The Kier molecular flexibility index (Phi) is 8.77. The molecule has 0 atom stereocenters. The SMILES string of the molecule is Cc1cc2c(cc1N1c3cc4c(cc3B3c5cc6c(cc5N(c5ccc7oc8ccccc8c7c5)c5cc(C(C)(C)C)cc1c53)C(C)(C)CCC6(C)C)C(C)(C)CC4(C)C)C(C)(C)CCC2(C)C. The summed E-state index contributed by atoms with van der Waals surface area (Å²) in [4.78, 5) is 5.43. The Morgan fingerprint density at radius 1 is 0.456 bits per heavy atom. The molecule has 2 aliphatic heterocycles. The first-order valence-corrected chi connectivity index (χ1v) is 25.9. The van der Waals surface area contributed by atoms with Crippen molar-refractivity contribution in [1.29, 1.82) is 0 Å². The van der Waals surface area contributed by atoms with Gasteiger partial charge in [0.15, 0.2) is 0 Å². The molecule has 0 N–H and O–H groups in total. The van der Waals surface area contributed by atoms with Gasteiger partial charge in [-0.05, 0) is 192 Å². The zero-order valence-electron chi connectivity index (χ0n) is 44.1. The van der Waals surface area contributed by atoms with E-state index in [1.165, 1.54) is 121 Å². The standard InChI is InChI=1S/C64H73BN2O/c1-37-27-42-45(61(9,10)25-23-59(42,5)6)33-50(37)67-52-35-47-44(63(13,14)36-64(47,15)16)32-49(52)65-48-31-43-46(62(11,12)26-24-60(43,7)8)34-51(48)66(53-28-38(58(2,3)4)29-54(67)57(53)65)39-21-22-56-41(30-39)40-19-17-18-20-55(40)68-56/h17-22,27-35H,23-26,36H2,1-16H3. The van der Waals surface area contributed by atoms with Crippen LogP contribution >= 0.6 is 0 Å². The lowest BCUT2D eigenvalue weighted by Crippen LogP contribution is -2.62. The first-order valence-electron chi connectivity index (χ1n) is 25.9. The second kappa shape index (κ2) is 13.6. The summed E-state index contributed by atoms with van der Waals surface area (Å²) in [5.41, 5.74) is 25.9. The fourth-order valence-electron chi connectivity index (χ4n) is 14.3. The van der Waals surface area contributed by atoms with E-state index in [9.17, 15) is 0 Å². The summed E-state index contributed by atoms with van der Waals surface area (Å²) < 4.78 is 6.51. The molecule has 5 aliphatic rings. The average molecular weight is 897 g/mol. The Morgan fingerprint density at radius 3 is 1.49 bits per heavy atom. The molecular formula is C64H73BN2O. The van der Waals surface area contributed by atoms with Gasteiger partial charge in [-0.2, -0.15) is 0 Å². The predicted octanol–water partition coefficient (Wildman–Crippen LogP) is 15.9. The highest BCUT2D eigenvalue weighted by molar-refractivity contribution is 7.00. The zero-order chi connectivity index (χ0) is 48.2. The van der Waals surface area contributed by atoms with Crippen LogP contribution in [-0.2, 0) is 37.9 Å². The molecule has 12 rings (SSSR count). The van der Waals surface area contributed by atoms with Gasteiger partial charge in [-0.15, -0.1) is 0 Å². The highest BCUT2D eigenvalue weighted by atomic mass is 16.3. The van der Waals surface area contributed by atoms with Gasteiger partial charge in [0.25, 0.3) is 6.71 Å². The van der Waals surface area contributed by atoms with Gasteiger partial charge in [0.05, 0.1) is 0 Å². The number of aryl methyl sites for hydroxylation is 1.